The molecule has 4 nitrogen and oxygen atoms in total. The van der Waals surface area contributed by atoms with E-state index in [1.807, 2.05) is 12.1 Å². The number of hydrogen-bond acceptors (Lipinski definition) is 5. The van der Waals surface area contributed by atoms with Crippen LogP contribution >= 0.6 is 22.7 Å². The first-order chi connectivity index (χ1) is 12.2. The average Bonchev–Trinajstić information content (AvgIpc) is 3.29. The second kappa shape index (κ2) is 8.61. The molecule has 1 amide bonds. The molecule has 0 spiro atoms. The largest absolute Gasteiger partial charge is 0.337 e. The molecule has 25 heavy (non-hydrogen) atoms. The fourth-order valence-corrected chi connectivity index (χ4v) is 4.84. The minimum Gasteiger partial charge on any atom is -0.337 e. The van der Waals surface area contributed by atoms with Crippen molar-refractivity contribution < 1.29 is 4.79 Å². The Bertz CT molecular complexity index is 661. The Labute approximate surface area is 157 Å². The van der Waals surface area contributed by atoms with E-state index in [9.17, 15) is 10.1 Å². The van der Waals surface area contributed by atoms with Crippen molar-refractivity contribution in [3.63, 3.8) is 0 Å². The fourth-order valence-electron chi connectivity index (χ4n) is 3.34. The van der Waals surface area contributed by atoms with Crippen molar-refractivity contribution >= 4 is 28.6 Å². The van der Waals surface area contributed by atoms with Gasteiger partial charge in [0.1, 0.15) is 5.54 Å². The van der Waals surface area contributed by atoms with E-state index in [2.05, 4.69) is 39.2 Å². The maximum Gasteiger partial charge on any atom is 0.235 e. The third-order valence-electron chi connectivity index (χ3n) is 4.59. The highest BCUT2D eigenvalue weighted by Gasteiger charge is 2.33. The summed E-state index contributed by atoms with van der Waals surface area (Å²) in [4.78, 5) is 17.3. The van der Waals surface area contributed by atoms with E-state index in [0.29, 0.717) is 6.54 Å². The summed E-state index contributed by atoms with van der Waals surface area (Å²) in [6, 6.07) is 10.6. The van der Waals surface area contributed by atoms with Gasteiger partial charge in [-0.2, -0.15) is 5.26 Å². The normalized spacial score (nSPS) is 16.5. The number of carbonyl (C=O) groups is 1. The number of hydrogen-bond donors (Lipinski definition) is 1. The summed E-state index contributed by atoms with van der Waals surface area (Å²) < 4.78 is 0. The van der Waals surface area contributed by atoms with Gasteiger partial charge in [0.2, 0.25) is 5.91 Å². The van der Waals surface area contributed by atoms with Gasteiger partial charge in [-0.15, -0.1) is 22.7 Å². The van der Waals surface area contributed by atoms with Crippen LogP contribution in [-0.4, -0.2) is 22.9 Å². The summed E-state index contributed by atoms with van der Waals surface area (Å²) in [5.74, 6) is -0.0448. The molecule has 0 radical (unpaired) electrons. The SMILES string of the molecule is N#CC1(NC(=O)CN(Cc2cccs2)Cc2cccs2)CCCCC1. The van der Waals surface area contributed by atoms with Crippen LogP contribution in [0.25, 0.3) is 0 Å². The standard InChI is InChI=1S/C19H23N3OS2/c20-15-19(8-2-1-3-9-19)21-18(23)14-22(12-16-6-4-10-24-16)13-17-7-5-11-25-17/h4-7,10-11H,1-3,8-9,12-14H2,(H,21,23). The molecule has 132 valence electrons. The minimum absolute atomic E-state index is 0.0448. The molecule has 0 aliphatic heterocycles. The van der Waals surface area contributed by atoms with Crippen molar-refractivity contribution in [3.8, 4) is 6.07 Å². The van der Waals surface area contributed by atoms with E-state index in [1.54, 1.807) is 22.7 Å². The van der Waals surface area contributed by atoms with Gasteiger partial charge in [0.15, 0.2) is 0 Å². The Kier molecular flexibility index (Phi) is 6.24. The van der Waals surface area contributed by atoms with Gasteiger partial charge in [-0.05, 0) is 35.7 Å². The van der Waals surface area contributed by atoms with Crippen LogP contribution in [0, 0.1) is 11.3 Å². The number of nitrogens with one attached hydrogen (secondary N) is 1. The molecule has 2 aromatic heterocycles. The molecule has 1 fully saturated rings. The first kappa shape index (κ1) is 18.1. The van der Waals surface area contributed by atoms with Gasteiger partial charge in [0.05, 0.1) is 12.6 Å². The summed E-state index contributed by atoms with van der Waals surface area (Å²) in [5.41, 5.74) is -0.660. The average molecular weight is 374 g/mol. The highest BCUT2D eigenvalue weighted by molar-refractivity contribution is 7.10. The molecule has 2 heterocycles. The number of rotatable bonds is 7. The topological polar surface area (TPSA) is 56.1 Å². The highest BCUT2D eigenvalue weighted by atomic mass is 32.1. The van der Waals surface area contributed by atoms with E-state index < -0.39 is 5.54 Å². The monoisotopic (exact) mass is 373 g/mol. The van der Waals surface area contributed by atoms with Crippen molar-refractivity contribution in [2.24, 2.45) is 0 Å². The Morgan fingerprint density at radius 2 is 1.72 bits per heavy atom. The Hall–Kier alpha value is -1.68. The van der Waals surface area contributed by atoms with Gasteiger partial charge in [0.25, 0.3) is 0 Å². The second-order valence-corrected chi connectivity index (χ2v) is 8.67. The predicted molar refractivity (Wildman–Crippen MR) is 102 cm³/mol. The lowest BCUT2D eigenvalue weighted by molar-refractivity contribution is -0.124. The van der Waals surface area contributed by atoms with Crippen LogP contribution in [0.3, 0.4) is 0 Å². The second-order valence-electron chi connectivity index (χ2n) is 6.61. The molecule has 1 aliphatic rings. The number of nitrogens with zero attached hydrogens (tertiary/aromatic N) is 2. The van der Waals surface area contributed by atoms with Crippen LogP contribution in [0.5, 0.6) is 0 Å². The van der Waals surface area contributed by atoms with Gasteiger partial charge < -0.3 is 5.32 Å². The molecular formula is C19H23N3OS2. The lowest BCUT2D eigenvalue weighted by Crippen LogP contribution is -2.51. The van der Waals surface area contributed by atoms with Gasteiger partial charge in [-0.1, -0.05) is 31.4 Å². The molecule has 1 N–H and O–H groups in total. The quantitative estimate of drug-likeness (QED) is 0.793. The summed E-state index contributed by atoms with van der Waals surface area (Å²) in [5, 5.41) is 16.7. The molecule has 1 aliphatic carbocycles. The molecule has 3 rings (SSSR count). The first-order valence-electron chi connectivity index (χ1n) is 8.68. The van der Waals surface area contributed by atoms with Crippen LogP contribution < -0.4 is 5.32 Å². The molecule has 0 saturated heterocycles. The molecule has 2 aromatic rings. The van der Waals surface area contributed by atoms with Crippen molar-refractivity contribution in [1.29, 1.82) is 5.26 Å². The zero-order valence-electron chi connectivity index (χ0n) is 14.2. The van der Waals surface area contributed by atoms with E-state index in [4.69, 9.17) is 0 Å². The van der Waals surface area contributed by atoms with E-state index >= 15 is 0 Å². The van der Waals surface area contributed by atoms with Crippen molar-refractivity contribution in [2.75, 3.05) is 6.54 Å². The van der Waals surface area contributed by atoms with Crippen LogP contribution in [0.15, 0.2) is 35.0 Å². The maximum absolute atomic E-state index is 12.6. The fraction of sp³-hybridized carbons (Fsp3) is 0.474. The predicted octanol–water partition coefficient (Wildman–Crippen LogP) is 4.15. The zero-order chi connectivity index (χ0) is 17.5. The van der Waals surface area contributed by atoms with Crippen LogP contribution in [0.1, 0.15) is 41.9 Å². The summed E-state index contributed by atoms with van der Waals surface area (Å²) in [7, 11) is 0. The summed E-state index contributed by atoms with van der Waals surface area (Å²) in [6.45, 7) is 1.82. The lowest BCUT2D eigenvalue weighted by Gasteiger charge is -2.32. The molecule has 0 bridgehead atoms. The zero-order valence-corrected chi connectivity index (χ0v) is 15.9. The lowest BCUT2D eigenvalue weighted by atomic mass is 9.83. The maximum atomic E-state index is 12.6. The van der Waals surface area contributed by atoms with Crippen molar-refractivity contribution in [1.82, 2.24) is 10.2 Å². The van der Waals surface area contributed by atoms with Crippen molar-refractivity contribution in [2.45, 2.75) is 50.7 Å². The molecule has 6 heteroatoms. The number of nitriles is 1. The molecule has 1 saturated carbocycles. The van der Waals surface area contributed by atoms with Gasteiger partial charge in [-0.25, -0.2) is 0 Å². The van der Waals surface area contributed by atoms with Crippen LogP contribution in [-0.2, 0) is 17.9 Å². The smallest absolute Gasteiger partial charge is 0.235 e. The number of carbonyl (C=O) groups excluding carboxylic acids is 1. The molecule has 0 unspecified atom stereocenters. The summed E-state index contributed by atoms with van der Waals surface area (Å²) in [6.07, 6.45) is 4.72. The van der Waals surface area contributed by atoms with Gasteiger partial charge >= 0.3 is 0 Å². The van der Waals surface area contributed by atoms with E-state index in [0.717, 1.165) is 45.2 Å². The van der Waals surface area contributed by atoms with Crippen molar-refractivity contribution in [3.05, 3.63) is 44.8 Å². The third kappa shape index (κ3) is 5.15. The molecular weight excluding hydrogens is 350 g/mol. The number of thiophene rings is 2. The van der Waals surface area contributed by atoms with E-state index in [-0.39, 0.29) is 5.91 Å². The first-order valence-corrected chi connectivity index (χ1v) is 10.4. The molecule has 0 aromatic carbocycles. The van der Waals surface area contributed by atoms with Gasteiger partial charge in [0, 0.05) is 22.8 Å². The summed E-state index contributed by atoms with van der Waals surface area (Å²) >= 11 is 3.42. The Morgan fingerprint density at radius 3 is 2.20 bits per heavy atom. The van der Waals surface area contributed by atoms with Gasteiger partial charge in [-0.3, -0.25) is 9.69 Å². The molecule has 0 atom stereocenters. The highest BCUT2D eigenvalue weighted by Crippen LogP contribution is 2.27. The Morgan fingerprint density at radius 1 is 1.12 bits per heavy atom. The van der Waals surface area contributed by atoms with Crippen LogP contribution in [0.4, 0.5) is 0 Å². The van der Waals surface area contributed by atoms with Crippen LogP contribution in [0.2, 0.25) is 0 Å². The minimum atomic E-state index is -0.660. The number of amides is 1. The van der Waals surface area contributed by atoms with E-state index in [1.165, 1.54) is 9.75 Å². The Balaban J connectivity index is 1.64. The third-order valence-corrected chi connectivity index (χ3v) is 6.31.